The average Bonchev–Trinajstić information content (AvgIpc) is 2.26. The van der Waals surface area contributed by atoms with E-state index in [0.29, 0.717) is 12.1 Å². The van der Waals surface area contributed by atoms with Gasteiger partial charge in [0, 0.05) is 5.70 Å². The number of aryl methyl sites for hydroxylation is 1. The van der Waals surface area contributed by atoms with Crippen molar-refractivity contribution >= 4 is 5.91 Å². The van der Waals surface area contributed by atoms with Gasteiger partial charge >= 0.3 is 0 Å². The first kappa shape index (κ1) is 13.8. The molecule has 96 valence electrons. The van der Waals surface area contributed by atoms with Crippen molar-refractivity contribution in [2.24, 2.45) is 11.5 Å². The molecule has 0 aliphatic rings. The number of nitrogens with two attached hydrogens (primary N) is 2. The molecular formula is C14H19N3O. The summed E-state index contributed by atoms with van der Waals surface area (Å²) in [4.78, 5) is 11.7. The smallest absolute Gasteiger partial charge is 0.229 e. The van der Waals surface area contributed by atoms with E-state index in [9.17, 15) is 4.79 Å². The molecule has 0 fully saturated rings. The minimum atomic E-state index is -0.141. The van der Waals surface area contributed by atoms with Crippen molar-refractivity contribution in [3.63, 3.8) is 0 Å². The molecule has 5 N–H and O–H groups in total. The zero-order valence-corrected chi connectivity index (χ0v) is 10.7. The highest BCUT2D eigenvalue weighted by Crippen LogP contribution is 2.04. The van der Waals surface area contributed by atoms with Crippen LogP contribution in [0, 0.1) is 6.92 Å². The highest BCUT2D eigenvalue weighted by molar-refractivity contribution is 5.80. The molecule has 4 heteroatoms. The topological polar surface area (TPSA) is 81.1 Å². The molecule has 0 atom stereocenters. The van der Waals surface area contributed by atoms with Crippen molar-refractivity contribution in [1.82, 2.24) is 5.32 Å². The highest BCUT2D eigenvalue weighted by Gasteiger charge is 2.03. The standard InChI is InChI=1S/C14H19N3O/c1-10-4-3-5-12(8-10)9-14(18)17-13(16)7-6-11(2)15/h3-8H,9,15-16H2,1-2H3,(H,17,18)/b11-6-,13-7+. The molecule has 0 radical (unpaired) electrons. The fraction of sp³-hybridized carbons (Fsp3) is 0.214. The normalized spacial score (nSPS) is 12.3. The van der Waals surface area contributed by atoms with Crippen LogP contribution in [-0.4, -0.2) is 5.91 Å². The molecule has 1 aromatic rings. The summed E-state index contributed by atoms with van der Waals surface area (Å²) in [6.07, 6.45) is 3.52. The quantitative estimate of drug-likeness (QED) is 0.700. The van der Waals surface area contributed by atoms with Gasteiger partial charge < -0.3 is 16.8 Å². The molecule has 0 saturated heterocycles. The van der Waals surface area contributed by atoms with Crippen molar-refractivity contribution < 1.29 is 4.79 Å². The maximum absolute atomic E-state index is 11.7. The minimum absolute atomic E-state index is 0.141. The monoisotopic (exact) mass is 245 g/mol. The number of amides is 1. The highest BCUT2D eigenvalue weighted by atomic mass is 16.1. The van der Waals surface area contributed by atoms with Crippen LogP contribution in [0.15, 0.2) is 47.9 Å². The van der Waals surface area contributed by atoms with E-state index >= 15 is 0 Å². The Morgan fingerprint density at radius 3 is 2.67 bits per heavy atom. The summed E-state index contributed by atoms with van der Waals surface area (Å²) in [6, 6.07) is 7.81. The van der Waals surface area contributed by atoms with Gasteiger partial charge in [-0.1, -0.05) is 29.8 Å². The average molecular weight is 245 g/mol. The van der Waals surface area contributed by atoms with Gasteiger partial charge in [0.2, 0.25) is 5.91 Å². The maximum Gasteiger partial charge on any atom is 0.229 e. The Kier molecular flexibility index (Phi) is 4.99. The van der Waals surface area contributed by atoms with Gasteiger partial charge in [-0.15, -0.1) is 0 Å². The maximum atomic E-state index is 11.7. The number of carbonyl (C=O) groups is 1. The van der Waals surface area contributed by atoms with E-state index in [1.807, 2.05) is 31.2 Å². The van der Waals surface area contributed by atoms with Gasteiger partial charge in [0.1, 0.15) is 5.82 Å². The number of hydrogen-bond donors (Lipinski definition) is 3. The third-order valence-electron chi connectivity index (χ3n) is 2.26. The second-order valence-corrected chi connectivity index (χ2v) is 4.25. The fourth-order valence-electron chi connectivity index (χ4n) is 1.48. The molecule has 1 amide bonds. The van der Waals surface area contributed by atoms with Crippen LogP contribution in [0.5, 0.6) is 0 Å². The minimum Gasteiger partial charge on any atom is -0.402 e. The van der Waals surface area contributed by atoms with Crippen LogP contribution < -0.4 is 16.8 Å². The summed E-state index contributed by atoms with van der Waals surface area (Å²) < 4.78 is 0. The lowest BCUT2D eigenvalue weighted by molar-refractivity contribution is -0.119. The molecule has 0 bridgehead atoms. The third kappa shape index (κ3) is 5.21. The van der Waals surface area contributed by atoms with E-state index in [4.69, 9.17) is 11.5 Å². The van der Waals surface area contributed by atoms with E-state index < -0.39 is 0 Å². The Morgan fingerprint density at radius 2 is 2.06 bits per heavy atom. The van der Waals surface area contributed by atoms with Gasteiger partial charge in [-0.05, 0) is 31.6 Å². The van der Waals surface area contributed by atoms with Gasteiger partial charge in [0.05, 0.1) is 6.42 Å². The Hall–Kier alpha value is -2.23. The summed E-state index contributed by atoms with van der Waals surface area (Å²) in [7, 11) is 0. The first-order valence-corrected chi connectivity index (χ1v) is 5.72. The van der Waals surface area contributed by atoms with Crippen molar-refractivity contribution in [3.8, 4) is 0 Å². The van der Waals surface area contributed by atoms with E-state index in [1.54, 1.807) is 19.1 Å². The Bertz CT molecular complexity index is 486. The van der Waals surface area contributed by atoms with Gasteiger partial charge in [0.15, 0.2) is 0 Å². The molecular weight excluding hydrogens is 226 g/mol. The predicted molar refractivity (Wildman–Crippen MR) is 73.2 cm³/mol. The third-order valence-corrected chi connectivity index (χ3v) is 2.26. The second kappa shape index (κ2) is 6.49. The molecule has 0 heterocycles. The lowest BCUT2D eigenvalue weighted by atomic mass is 10.1. The molecule has 0 aromatic heterocycles. The molecule has 1 rings (SSSR count). The van der Waals surface area contributed by atoms with E-state index in [-0.39, 0.29) is 11.7 Å². The van der Waals surface area contributed by atoms with Crippen LogP contribution in [0.4, 0.5) is 0 Å². The van der Waals surface area contributed by atoms with Gasteiger partial charge in [-0.3, -0.25) is 4.79 Å². The molecule has 1 aromatic carbocycles. The molecule has 0 spiro atoms. The van der Waals surface area contributed by atoms with Crippen LogP contribution in [0.1, 0.15) is 18.1 Å². The number of benzene rings is 1. The summed E-state index contributed by atoms with van der Waals surface area (Å²) >= 11 is 0. The van der Waals surface area contributed by atoms with Crippen molar-refractivity contribution in [2.75, 3.05) is 0 Å². The number of nitrogens with one attached hydrogen (secondary N) is 1. The van der Waals surface area contributed by atoms with E-state index in [1.165, 1.54) is 0 Å². The summed E-state index contributed by atoms with van der Waals surface area (Å²) in [6.45, 7) is 3.74. The lowest BCUT2D eigenvalue weighted by Crippen LogP contribution is -2.28. The van der Waals surface area contributed by atoms with E-state index in [2.05, 4.69) is 5.32 Å². The number of allylic oxidation sites excluding steroid dienone is 3. The van der Waals surface area contributed by atoms with Crippen LogP contribution >= 0.6 is 0 Å². The zero-order chi connectivity index (χ0) is 13.5. The van der Waals surface area contributed by atoms with Crippen LogP contribution in [-0.2, 0) is 11.2 Å². The molecule has 0 aliphatic heterocycles. The first-order chi connectivity index (χ1) is 8.47. The van der Waals surface area contributed by atoms with Crippen molar-refractivity contribution in [1.29, 1.82) is 0 Å². The van der Waals surface area contributed by atoms with Crippen LogP contribution in [0.2, 0.25) is 0 Å². The Balaban J connectivity index is 2.57. The molecule has 0 unspecified atom stereocenters. The Labute approximate surface area is 107 Å². The van der Waals surface area contributed by atoms with Crippen molar-refractivity contribution in [3.05, 3.63) is 59.1 Å². The molecule has 0 aliphatic carbocycles. The van der Waals surface area contributed by atoms with E-state index in [0.717, 1.165) is 11.1 Å². The van der Waals surface area contributed by atoms with Crippen molar-refractivity contribution in [2.45, 2.75) is 20.3 Å². The predicted octanol–water partition coefficient (Wildman–Crippen LogP) is 1.32. The number of carbonyl (C=O) groups excluding carboxylic acids is 1. The second-order valence-electron chi connectivity index (χ2n) is 4.25. The summed E-state index contributed by atoms with van der Waals surface area (Å²) in [5, 5.41) is 2.60. The SMILES string of the molecule is C/C(N)=C/C=C(\N)NC(=O)Cc1cccc(C)c1. The Morgan fingerprint density at radius 1 is 1.33 bits per heavy atom. The van der Waals surface area contributed by atoms with Gasteiger partial charge in [-0.25, -0.2) is 0 Å². The van der Waals surface area contributed by atoms with Crippen LogP contribution in [0.25, 0.3) is 0 Å². The molecule has 4 nitrogen and oxygen atoms in total. The zero-order valence-electron chi connectivity index (χ0n) is 10.7. The number of rotatable bonds is 4. The largest absolute Gasteiger partial charge is 0.402 e. The summed E-state index contributed by atoms with van der Waals surface area (Å²) in [5.74, 6) is 0.148. The first-order valence-electron chi connectivity index (χ1n) is 5.72. The van der Waals surface area contributed by atoms with Crippen LogP contribution in [0.3, 0.4) is 0 Å². The molecule has 0 saturated carbocycles. The summed E-state index contributed by atoms with van der Waals surface area (Å²) in [5.41, 5.74) is 13.8. The number of hydrogen-bond acceptors (Lipinski definition) is 3. The van der Waals surface area contributed by atoms with Gasteiger partial charge in [-0.2, -0.15) is 0 Å². The van der Waals surface area contributed by atoms with Gasteiger partial charge in [0.25, 0.3) is 0 Å². The fourth-order valence-corrected chi connectivity index (χ4v) is 1.48. The molecule has 18 heavy (non-hydrogen) atoms. The lowest BCUT2D eigenvalue weighted by Gasteiger charge is -2.05.